The van der Waals surface area contributed by atoms with Gasteiger partial charge in [0.05, 0.1) is 6.10 Å². The number of hydrogen-bond donors (Lipinski definition) is 3. The fourth-order valence-corrected chi connectivity index (χ4v) is 1.89. The second-order valence-corrected chi connectivity index (χ2v) is 5.65. The highest BCUT2D eigenvalue weighted by Gasteiger charge is 2.38. The van der Waals surface area contributed by atoms with Gasteiger partial charge in [0, 0.05) is 13.0 Å². The highest BCUT2D eigenvalue weighted by atomic mass is 16.6. The number of carboxylic acids is 1. The molecule has 0 aliphatic carbocycles. The van der Waals surface area contributed by atoms with Gasteiger partial charge in [0.1, 0.15) is 18.2 Å². The van der Waals surface area contributed by atoms with Crippen LogP contribution in [0.25, 0.3) is 0 Å². The smallest absolute Gasteiger partial charge is 0.408 e. The summed E-state index contributed by atoms with van der Waals surface area (Å²) < 4.78 is 4.96. The Hall–Kier alpha value is -1.83. The van der Waals surface area contributed by atoms with Crippen LogP contribution in [0.5, 0.6) is 0 Å². The number of alkyl carbamates (subject to hydrolysis) is 1. The highest BCUT2D eigenvalue weighted by molar-refractivity contribution is 5.87. The monoisotopic (exact) mass is 288 g/mol. The van der Waals surface area contributed by atoms with Crippen LogP contribution in [0.15, 0.2) is 0 Å². The lowest BCUT2D eigenvalue weighted by molar-refractivity contribution is -0.147. The molecular formula is C12H20N2O6. The number of ether oxygens (including phenoxy) is 1. The highest BCUT2D eigenvalue weighted by Crippen LogP contribution is 2.18. The zero-order valence-electron chi connectivity index (χ0n) is 11.8. The maximum absolute atomic E-state index is 11.9. The minimum Gasteiger partial charge on any atom is -0.480 e. The fourth-order valence-electron chi connectivity index (χ4n) is 1.89. The zero-order chi connectivity index (χ0) is 15.5. The summed E-state index contributed by atoms with van der Waals surface area (Å²) in [5.74, 6) is -1.74. The van der Waals surface area contributed by atoms with Crippen molar-refractivity contribution >= 4 is 18.0 Å². The molecule has 1 heterocycles. The van der Waals surface area contributed by atoms with E-state index in [1.54, 1.807) is 20.8 Å². The van der Waals surface area contributed by atoms with E-state index in [9.17, 15) is 19.5 Å². The number of nitrogens with zero attached hydrogens (tertiary/aromatic N) is 1. The minimum atomic E-state index is -1.17. The number of carbonyl (C=O) groups is 3. The number of aliphatic hydroxyl groups excluding tert-OH is 1. The van der Waals surface area contributed by atoms with E-state index in [0.717, 1.165) is 4.90 Å². The van der Waals surface area contributed by atoms with Gasteiger partial charge in [0.25, 0.3) is 0 Å². The van der Waals surface area contributed by atoms with E-state index in [1.165, 1.54) is 0 Å². The molecule has 114 valence electrons. The maximum atomic E-state index is 11.9. The van der Waals surface area contributed by atoms with Crippen LogP contribution in [0.4, 0.5) is 4.79 Å². The predicted molar refractivity (Wildman–Crippen MR) is 68.0 cm³/mol. The van der Waals surface area contributed by atoms with E-state index in [2.05, 4.69) is 5.32 Å². The predicted octanol–water partition coefficient (Wildman–Crippen LogP) is -0.442. The van der Waals surface area contributed by atoms with Crippen molar-refractivity contribution in [3.63, 3.8) is 0 Å². The summed E-state index contributed by atoms with van der Waals surface area (Å²) in [5.41, 5.74) is -0.680. The first-order valence-electron chi connectivity index (χ1n) is 6.27. The summed E-state index contributed by atoms with van der Waals surface area (Å²) in [6.45, 7) is 4.64. The van der Waals surface area contributed by atoms with Crippen molar-refractivity contribution in [1.29, 1.82) is 0 Å². The van der Waals surface area contributed by atoms with E-state index < -0.39 is 35.7 Å². The molecule has 1 aliphatic rings. The number of amides is 2. The third-order valence-corrected chi connectivity index (χ3v) is 2.67. The molecule has 1 rings (SSSR count). The number of carbonyl (C=O) groups excluding carboxylic acids is 2. The Bertz CT molecular complexity index is 403. The summed E-state index contributed by atoms with van der Waals surface area (Å²) in [7, 11) is 0. The van der Waals surface area contributed by atoms with Gasteiger partial charge in [-0.1, -0.05) is 0 Å². The summed E-state index contributed by atoms with van der Waals surface area (Å²) in [5, 5.41) is 20.7. The van der Waals surface area contributed by atoms with E-state index in [4.69, 9.17) is 9.84 Å². The second-order valence-electron chi connectivity index (χ2n) is 5.65. The summed E-state index contributed by atoms with van der Waals surface area (Å²) in [6.07, 6.45) is -1.62. The van der Waals surface area contributed by atoms with E-state index in [-0.39, 0.29) is 19.5 Å². The van der Waals surface area contributed by atoms with Gasteiger partial charge in [0.15, 0.2) is 0 Å². The minimum absolute atomic E-state index is 0.00644. The quantitative estimate of drug-likeness (QED) is 0.648. The average molecular weight is 288 g/mol. The molecule has 0 saturated carbocycles. The molecule has 1 saturated heterocycles. The van der Waals surface area contributed by atoms with Crippen molar-refractivity contribution in [2.75, 3.05) is 13.1 Å². The van der Waals surface area contributed by atoms with Crippen LogP contribution in [0.2, 0.25) is 0 Å². The van der Waals surface area contributed by atoms with Crippen molar-refractivity contribution in [3.05, 3.63) is 0 Å². The van der Waals surface area contributed by atoms with E-state index in [1.807, 2.05) is 0 Å². The molecular weight excluding hydrogens is 268 g/mol. The van der Waals surface area contributed by atoms with Crippen molar-refractivity contribution in [3.8, 4) is 0 Å². The molecule has 3 N–H and O–H groups in total. The molecule has 0 spiro atoms. The van der Waals surface area contributed by atoms with Crippen LogP contribution in [0.3, 0.4) is 0 Å². The lowest BCUT2D eigenvalue weighted by atomic mass is 10.2. The number of aliphatic hydroxyl groups is 1. The Labute approximate surface area is 116 Å². The number of hydrogen-bond acceptors (Lipinski definition) is 5. The normalized spacial score (nSPS) is 22.5. The van der Waals surface area contributed by atoms with Gasteiger partial charge in [-0.05, 0) is 20.8 Å². The van der Waals surface area contributed by atoms with Crippen molar-refractivity contribution in [1.82, 2.24) is 10.2 Å². The van der Waals surface area contributed by atoms with E-state index >= 15 is 0 Å². The summed E-state index contributed by atoms with van der Waals surface area (Å²) in [6, 6.07) is -1.06. The van der Waals surface area contributed by atoms with E-state index in [0.29, 0.717) is 0 Å². The van der Waals surface area contributed by atoms with Gasteiger partial charge in [0.2, 0.25) is 5.91 Å². The van der Waals surface area contributed by atoms with Crippen molar-refractivity contribution in [2.45, 2.75) is 44.9 Å². The van der Waals surface area contributed by atoms with Crippen LogP contribution in [0.1, 0.15) is 27.2 Å². The van der Waals surface area contributed by atoms with Crippen LogP contribution in [0, 0.1) is 0 Å². The number of β-amino-alcohol motifs (C(OH)–C–C–N with tert-alkyl or cyclic N) is 1. The molecule has 0 aromatic heterocycles. The SMILES string of the molecule is CC(C)(C)OC(=O)NCC(=O)N1C[C@@H](O)C[C@H]1C(=O)O. The summed E-state index contributed by atoms with van der Waals surface area (Å²) >= 11 is 0. The first-order chi connectivity index (χ1) is 9.10. The number of aliphatic carboxylic acids is 1. The van der Waals surface area contributed by atoms with Gasteiger partial charge in [-0.25, -0.2) is 9.59 Å². The lowest BCUT2D eigenvalue weighted by Gasteiger charge is -2.22. The van der Waals surface area contributed by atoms with Gasteiger partial charge >= 0.3 is 12.1 Å². The molecule has 0 unspecified atom stereocenters. The Morgan fingerprint density at radius 3 is 2.45 bits per heavy atom. The molecule has 0 radical (unpaired) electrons. The molecule has 8 heteroatoms. The van der Waals surface area contributed by atoms with Crippen molar-refractivity contribution in [2.24, 2.45) is 0 Å². The van der Waals surface area contributed by atoms with Gasteiger partial charge in [-0.3, -0.25) is 4.79 Å². The summed E-state index contributed by atoms with van der Waals surface area (Å²) in [4.78, 5) is 35.3. The Balaban J connectivity index is 2.50. The fraction of sp³-hybridized carbons (Fsp3) is 0.750. The van der Waals surface area contributed by atoms with Gasteiger partial charge < -0.3 is 25.2 Å². The standard InChI is InChI=1S/C12H20N2O6/c1-12(2,3)20-11(19)13-5-9(16)14-6-7(15)4-8(14)10(17)18/h7-8,15H,4-6H2,1-3H3,(H,13,19)(H,17,18)/t7-,8-/m0/s1. The first kappa shape index (κ1) is 16.2. The van der Waals surface area contributed by atoms with Crippen LogP contribution in [-0.4, -0.2) is 63.9 Å². The Morgan fingerprint density at radius 2 is 1.95 bits per heavy atom. The van der Waals surface area contributed by atoms with Gasteiger partial charge in [-0.15, -0.1) is 0 Å². The molecule has 2 amide bonds. The first-order valence-corrected chi connectivity index (χ1v) is 6.27. The third kappa shape index (κ3) is 4.69. The molecule has 20 heavy (non-hydrogen) atoms. The molecule has 8 nitrogen and oxygen atoms in total. The maximum Gasteiger partial charge on any atom is 0.408 e. The molecule has 0 aromatic rings. The Kier molecular flexibility index (Phi) is 4.93. The zero-order valence-corrected chi connectivity index (χ0v) is 11.8. The largest absolute Gasteiger partial charge is 0.480 e. The number of carboxylic acid groups (broad SMARTS) is 1. The number of nitrogens with one attached hydrogen (secondary N) is 1. The molecule has 1 fully saturated rings. The van der Waals surface area contributed by atoms with Gasteiger partial charge in [-0.2, -0.15) is 0 Å². The van der Waals surface area contributed by atoms with Crippen molar-refractivity contribution < 1.29 is 29.3 Å². The molecule has 1 aliphatic heterocycles. The third-order valence-electron chi connectivity index (χ3n) is 2.67. The van der Waals surface area contributed by atoms with Crippen LogP contribution >= 0.6 is 0 Å². The van der Waals surface area contributed by atoms with Crippen LogP contribution < -0.4 is 5.32 Å². The topological polar surface area (TPSA) is 116 Å². The molecule has 0 bridgehead atoms. The number of rotatable bonds is 3. The Morgan fingerprint density at radius 1 is 1.35 bits per heavy atom. The molecule has 0 aromatic carbocycles. The second kappa shape index (κ2) is 6.08. The average Bonchev–Trinajstić information content (AvgIpc) is 2.66. The molecule has 2 atom stereocenters. The van der Waals surface area contributed by atoms with Crippen LogP contribution in [-0.2, 0) is 14.3 Å². The lowest BCUT2D eigenvalue weighted by Crippen LogP contribution is -2.46. The number of likely N-dealkylation sites (tertiary alicyclic amines) is 1.